The third-order valence-corrected chi connectivity index (χ3v) is 8.96. The molecule has 1 aromatic carbocycles. The standard InChI is InChI=1S/C26H27F8N3O3S/c1-22-13-36(8-4-10-41-9-3-7-24(27,28)26(32,33)34)14-23(2,40-22)19-18(22)20(38)37(21(19)39)16-6-5-15(12-35)17(11-16)25(29,30)31/h5-6,11,18-19H,3-4,7-10,13-14H2,1-2H3/t18-,19+,22+,23-. The first-order valence-electron chi connectivity index (χ1n) is 12.8. The van der Waals surface area contributed by atoms with Crippen molar-refractivity contribution in [3.05, 3.63) is 29.3 Å². The Labute approximate surface area is 235 Å². The van der Waals surface area contributed by atoms with E-state index in [1.807, 2.05) is 4.90 Å². The van der Waals surface area contributed by atoms with Crippen molar-refractivity contribution in [1.29, 1.82) is 5.26 Å². The van der Waals surface area contributed by atoms with Crippen molar-refractivity contribution in [2.45, 2.75) is 62.6 Å². The average molecular weight is 614 g/mol. The normalized spacial score (nSPS) is 28.8. The zero-order valence-corrected chi connectivity index (χ0v) is 22.9. The summed E-state index contributed by atoms with van der Waals surface area (Å²) in [5.74, 6) is -7.33. The molecule has 0 radical (unpaired) electrons. The van der Waals surface area contributed by atoms with Gasteiger partial charge >= 0.3 is 18.3 Å². The highest BCUT2D eigenvalue weighted by Gasteiger charge is 2.71. The van der Waals surface area contributed by atoms with E-state index in [0.29, 0.717) is 24.8 Å². The van der Waals surface area contributed by atoms with Crippen molar-refractivity contribution in [2.75, 3.05) is 36.0 Å². The van der Waals surface area contributed by atoms with Gasteiger partial charge in [-0.15, -0.1) is 0 Å². The lowest BCUT2D eigenvalue weighted by Gasteiger charge is -2.45. The van der Waals surface area contributed by atoms with Crippen LogP contribution < -0.4 is 4.90 Å². The molecule has 3 aliphatic heterocycles. The number of halogens is 8. The van der Waals surface area contributed by atoms with Gasteiger partial charge in [0, 0.05) is 19.5 Å². The SMILES string of the molecule is C[C@]12CN(CCCSCCCC(F)(F)C(F)(F)F)C[C@](C)(O1)[C@H]1C(=O)N(c3ccc(C#N)c(C(F)(F)F)c3)C(=O)[C@H]12. The van der Waals surface area contributed by atoms with Crippen LogP contribution in [0, 0.1) is 23.2 Å². The molecular formula is C26H27F8N3O3S. The number of hydrogen-bond acceptors (Lipinski definition) is 6. The number of carbonyl (C=O) groups excluding carboxylic acids is 2. The van der Waals surface area contributed by atoms with Crippen molar-refractivity contribution in [3.8, 4) is 6.07 Å². The summed E-state index contributed by atoms with van der Waals surface area (Å²) in [6.45, 7) is 4.34. The van der Waals surface area contributed by atoms with Crippen LogP contribution in [0.2, 0.25) is 0 Å². The predicted molar refractivity (Wildman–Crippen MR) is 132 cm³/mol. The lowest BCUT2D eigenvalue weighted by atomic mass is 9.79. The summed E-state index contributed by atoms with van der Waals surface area (Å²) in [6, 6.07) is 4.16. The monoisotopic (exact) mass is 613 g/mol. The lowest BCUT2D eigenvalue weighted by molar-refractivity contribution is -0.284. The van der Waals surface area contributed by atoms with Crippen molar-refractivity contribution < 1.29 is 49.4 Å². The molecule has 2 amide bonds. The fourth-order valence-electron chi connectivity index (χ4n) is 6.21. The maximum atomic E-state index is 13.5. The minimum atomic E-state index is -5.56. The van der Waals surface area contributed by atoms with E-state index in [2.05, 4.69) is 0 Å². The number of fused-ring (bicyclic) bond motifs is 5. The van der Waals surface area contributed by atoms with Crippen LogP contribution >= 0.6 is 11.8 Å². The van der Waals surface area contributed by atoms with Crippen LogP contribution in [0.4, 0.5) is 40.8 Å². The molecule has 0 saturated carbocycles. The van der Waals surface area contributed by atoms with Crippen molar-refractivity contribution in [2.24, 2.45) is 11.8 Å². The van der Waals surface area contributed by atoms with Gasteiger partial charge in [0.25, 0.3) is 0 Å². The number of hydrogen-bond donors (Lipinski definition) is 0. The molecule has 3 saturated heterocycles. The molecule has 1 aromatic rings. The minimum Gasteiger partial charge on any atom is -0.365 e. The van der Waals surface area contributed by atoms with Gasteiger partial charge in [0.15, 0.2) is 0 Å². The van der Waals surface area contributed by atoms with E-state index in [1.54, 1.807) is 13.8 Å². The molecular weight excluding hydrogens is 586 g/mol. The van der Waals surface area contributed by atoms with Crippen LogP contribution in [0.25, 0.3) is 0 Å². The molecule has 3 aliphatic rings. The highest BCUT2D eigenvalue weighted by Crippen LogP contribution is 2.55. The smallest absolute Gasteiger partial charge is 0.365 e. The number of morpholine rings is 1. The van der Waals surface area contributed by atoms with E-state index < -0.39 is 70.7 Å². The Hall–Kier alpha value is -2.44. The largest absolute Gasteiger partial charge is 0.453 e. The first kappa shape index (κ1) is 31.5. The zero-order valence-electron chi connectivity index (χ0n) is 22.0. The highest BCUT2D eigenvalue weighted by atomic mass is 32.2. The molecule has 4 rings (SSSR count). The Bertz CT molecular complexity index is 1210. The fourth-order valence-corrected chi connectivity index (χ4v) is 7.10. The lowest BCUT2D eigenvalue weighted by Crippen LogP contribution is -2.58. The van der Waals surface area contributed by atoms with Gasteiger partial charge in [-0.05, 0) is 62.9 Å². The summed E-state index contributed by atoms with van der Waals surface area (Å²) < 4.78 is 110. The highest BCUT2D eigenvalue weighted by molar-refractivity contribution is 7.99. The summed E-state index contributed by atoms with van der Waals surface area (Å²) >= 11 is 1.26. The summed E-state index contributed by atoms with van der Waals surface area (Å²) in [5, 5.41) is 9.06. The molecule has 3 heterocycles. The number of alkyl halides is 8. The molecule has 2 bridgehead atoms. The number of likely N-dealkylation sites (tertiary alicyclic amines) is 1. The topological polar surface area (TPSA) is 73.6 Å². The molecule has 3 fully saturated rings. The number of thioether (sulfide) groups is 1. The second-order valence-electron chi connectivity index (χ2n) is 11.0. The van der Waals surface area contributed by atoms with Gasteiger partial charge in [-0.2, -0.15) is 52.1 Å². The number of benzene rings is 1. The Morgan fingerprint density at radius 2 is 1.54 bits per heavy atom. The number of rotatable bonds is 9. The van der Waals surface area contributed by atoms with Gasteiger partial charge in [0.2, 0.25) is 11.8 Å². The number of nitriles is 1. The van der Waals surface area contributed by atoms with E-state index in [-0.39, 0.29) is 31.0 Å². The Morgan fingerprint density at radius 3 is 2.05 bits per heavy atom. The molecule has 0 aliphatic carbocycles. The first-order valence-corrected chi connectivity index (χ1v) is 13.9. The van der Waals surface area contributed by atoms with Crippen LogP contribution in [0.1, 0.15) is 44.2 Å². The van der Waals surface area contributed by atoms with Gasteiger partial charge in [-0.25, -0.2) is 4.90 Å². The molecule has 4 atom stereocenters. The molecule has 226 valence electrons. The van der Waals surface area contributed by atoms with E-state index in [0.717, 1.165) is 17.0 Å². The van der Waals surface area contributed by atoms with Gasteiger partial charge in [0.05, 0.1) is 45.9 Å². The van der Waals surface area contributed by atoms with Crippen molar-refractivity contribution in [3.63, 3.8) is 0 Å². The summed E-state index contributed by atoms with van der Waals surface area (Å²) in [5.41, 5.74) is -4.38. The first-order chi connectivity index (χ1) is 18.8. The number of amides is 2. The number of ether oxygens (including phenoxy) is 1. The zero-order chi connectivity index (χ0) is 30.6. The van der Waals surface area contributed by atoms with Crippen LogP contribution in [0.5, 0.6) is 0 Å². The van der Waals surface area contributed by atoms with Crippen LogP contribution in [0.3, 0.4) is 0 Å². The quantitative estimate of drug-likeness (QED) is 0.204. The molecule has 15 heteroatoms. The van der Waals surface area contributed by atoms with E-state index in [4.69, 9.17) is 10.00 Å². The molecule has 41 heavy (non-hydrogen) atoms. The van der Waals surface area contributed by atoms with Crippen molar-refractivity contribution >= 4 is 29.3 Å². The summed E-state index contributed by atoms with van der Waals surface area (Å²) in [4.78, 5) is 29.8. The third kappa shape index (κ3) is 5.79. The van der Waals surface area contributed by atoms with Crippen molar-refractivity contribution in [1.82, 2.24) is 4.90 Å². The minimum absolute atomic E-state index is 0.137. The average Bonchev–Trinajstić information content (AvgIpc) is 3.21. The fraction of sp³-hybridized carbons (Fsp3) is 0.654. The van der Waals surface area contributed by atoms with E-state index in [1.165, 1.54) is 17.8 Å². The predicted octanol–water partition coefficient (Wildman–Crippen LogP) is 5.65. The second kappa shape index (κ2) is 10.7. The second-order valence-corrected chi connectivity index (χ2v) is 12.2. The number of carbonyl (C=O) groups is 2. The number of anilines is 1. The molecule has 6 nitrogen and oxygen atoms in total. The van der Waals surface area contributed by atoms with E-state index >= 15 is 0 Å². The van der Waals surface area contributed by atoms with Gasteiger partial charge < -0.3 is 4.74 Å². The van der Waals surface area contributed by atoms with Crippen LogP contribution in [-0.4, -0.2) is 71.2 Å². The Kier molecular flexibility index (Phi) is 8.20. The van der Waals surface area contributed by atoms with Gasteiger partial charge in [-0.3, -0.25) is 14.5 Å². The number of imide groups is 1. The summed E-state index contributed by atoms with van der Waals surface area (Å²) in [7, 11) is 0. The maximum absolute atomic E-state index is 13.5. The van der Waals surface area contributed by atoms with Crippen LogP contribution in [0.15, 0.2) is 18.2 Å². The maximum Gasteiger partial charge on any atom is 0.453 e. The molecule has 0 unspecified atom stereocenters. The summed E-state index contributed by atoms with van der Waals surface area (Å²) in [6.07, 6.45) is -11.4. The third-order valence-electron chi connectivity index (χ3n) is 7.81. The van der Waals surface area contributed by atoms with Crippen LogP contribution in [-0.2, 0) is 20.5 Å². The Balaban J connectivity index is 1.39. The number of nitrogens with zero attached hydrogens (tertiary/aromatic N) is 3. The molecule has 0 N–H and O–H groups in total. The Morgan fingerprint density at radius 1 is 0.976 bits per heavy atom. The van der Waals surface area contributed by atoms with E-state index in [9.17, 15) is 44.7 Å². The molecule has 0 aromatic heterocycles. The van der Waals surface area contributed by atoms with Gasteiger partial charge in [-0.1, -0.05) is 0 Å². The molecule has 0 spiro atoms. The van der Waals surface area contributed by atoms with Gasteiger partial charge in [0.1, 0.15) is 0 Å².